The van der Waals surface area contributed by atoms with E-state index in [2.05, 4.69) is 10.5 Å². The summed E-state index contributed by atoms with van der Waals surface area (Å²) in [6, 6.07) is 20.2. The highest BCUT2D eigenvalue weighted by Crippen LogP contribution is 2.22. The van der Waals surface area contributed by atoms with Crippen molar-refractivity contribution in [3.63, 3.8) is 0 Å². The Morgan fingerprint density at radius 1 is 1.07 bits per heavy atom. The minimum atomic E-state index is -0.291. The first-order chi connectivity index (χ1) is 14.6. The number of aryl methyl sites for hydroxylation is 1. The number of carbonyl (C=O) groups excluding carboxylic acids is 1. The molecular formula is C24H23ClN2O3. The number of amides is 1. The lowest BCUT2D eigenvalue weighted by molar-refractivity contribution is 0.0955. The number of rotatable bonds is 8. The molecule has 154 valence electrons. The van der Waals surface area contributed by atoms with Crippen molar-refractivity contribution in [2.75, 3.05) is 6.61 Å². The van der Waals surface area contributed by atoms with Crippen molar-refractivity contribution < 1.29 is 14.3 Å². The van der Waals surface area contributed by atoms with Crippen LogP contribution in [0.5, 0.6) is 11.5 Å². The van der Waals surface area contributed by atoms with Crippen LogP contribution in [-0.2, 0) is 6.61 Å². The molecule has 0 heterocycles. The van der Waals surface area contributed by atoms with Gasteiger partial charge in [-0.3, -0.25) is 4.79 Å². The van der Waals surface area contributed by atoms with Crippen LogP contribution in [0.2, 0.25) is 5.02 Å². The number of benzene rings is 3. The average Bonchev–Trinajstić information content (AvgIpc) is 2.76. The predicted octanol–water partition coefficient (Wildman–Crippen LogP) is 5.39. The van der Waals surface area contributed by atoms with Crippen molar-refractivity contribution in [2.24, 2.45) is 5.10 Å². The normalized spacial score (nSPS) is 10.8. The van der Waals surface area contributed by atoms with Crippen LogP contribution in [0, 0.1) is 6.92 Å². The Balaban J connectivity index is 1.55. The molecule has 0 aliphatic heterocycles. The molecule has 0 spiro atoms. The number of hydrogen-bond acceptors (Lipinski definition) is 4. The fourth-order valence-electron chi connectivity index (χ4n) is 2.73. The lowest BCUT2D eigenvalue weighted by Gasteiger charge is -2.08. The molecule has 1 N–H and O–H groups in total. The number of carbonyl (C=O) groups is 1. The molecule has 0 aliphatic carbocycles. The smallest absolute Gasteiger partial charge is 0.271 e. The van der Waals surface area contributed by atoms with Crippen LogP contribution in [0.1, 0.15) is 34.0 Å². The van der Waals surface area contributed by atoms with Crippen LogP contribution in [0.4, 0.5) is 0 Å². The third-order valence-corrected chi connectivity index (χ3v) is 4.76. The Kier molecular flexibility index (Phi) is 7.46. The lowest BCUT2D eigenvalue weighted by Crippen LogP contribution is -2.17. The van der Waals surface area contributed by atoms with Gasteiger partial charge in [-0.25, -0.2) is 5.43 Å². The predicted molar refractivity (Wildman–Crippen MR) is 120 cm³/mol. The number of hydrazone groups is 1. The van der Waals surface area contributed by atoms with Crippen molar-refractivity contribution in [1.29, 1.82) is 0 Å². The van der Waals surface area contributed by atoms with E-state index in [0.29, 0.717) is 23.8 Å². The van der Waals surface area contributed by atoms with E-state index in [9.17, 15) is 4.79 Å². The van der Waals surface area contributed by atoms with Gasteiger partial charge in [0.1, 0.15) is 18.1 Å². The van der Waals surface area contributed by atoms with Crippen molar-refractivity contribution >= 4 is 23.7 Å². The zero-order chi connectivity index (χ0) is 21.3. The van der Waals surface area contributed by atoms with Crippen molar-refractivity contribution in [1.82, 2.24) is 5.43 Å². The second-order valence-corrected chi connectivity index (χ2v) is 6.97. The van der Waals surface area contributed by atoms with Gasteiger partial charge in [-0.2, -0.15) is 5.10 Å². The van der Waals surface area contributed by atoms with Gasteiger partial charge in [0.25, 0.3) is 5.91 Å². The molecule has 3 aromatic rings. The summed E-state index contributed by atoms with van der Waals surface area (Å²) in [5, 5.41) is 4.74. The number of para-hydroxylation sites is 1. The van der Waals surface area contributed by atoms with Gasteiger partial charge in [0, 0.05) is 16.1 Å². The third kappa shape index (κ3) is 5.84. The molecular weight excluding hydrogens is 400 g/mol. The highest BCUT2D eigenvalue weighted by Gasteiger charge is 2.06. The number of nitrogens with one attached hydrogen (secondary N) is 1. The molecule has 0 radical (unpaired) electrons. The molecule has 0 unspecified atom stereocenters. The van der Waals surface area contributed by atoms with Gasteiger partial charge >= 0.3 is 0 Å². The van der Waals surface area contributed by atoms with Gasteiger partial charge in [0.15, 0.2) is 0 Å². The summed E-state index contributed by atoms with van der Waals surface area (Å²) in [4.78, 5) is 12.3. The molecule has 0 saturated heterocycles. The minimum absolute atomic E-state index is 0.291. The Hall–Kier alpha value is -3.31. The molecule has 0 atom stereocenters. The van der Waals surface area contributed by atoms with E-state index in [1.807, 2.05) is 68.4 Å². The fraction of sp³-hybridized carbons (Fsp3) is 0.167. The Labute approximate surface area is 181 Å². The van der Waals surface area contributed by atoms with E-state index in [1.54, 1.807) is 18.3 Å². The van der Waals surface area contributed by atoms with Gasteiger partial charge < -0.3 is 9.47 Å². The molecule has 0 aliphatic rings. The van der Waals surface area contributed by atoms with Gasteiger partial charge in [0.2, 0.25) is 0 Å². The third-order valence-electron chi connectivity index (χ3n) is 4.34. The maximum Gasteiger partial charge on any atom is 0.271 e. The van der Waals surface area contributed by atoms with Crippen LogP contribution < -0.4 is 14.9 Å². The summed E-state index contributed by atoms with van der Waals surface area (Å²) in [6.07, 6.45) is 1.57. The molecule has 0 aromatic heterocycles. The first kappa shape index (κ1) is 21.4. The standard InChI is InChI=1S/C24H23ClN2O3/c1-3-29-23-7-5-4-6-20(23)15-26-27-24(28)19-10-8-18(9-11-19)16-30-21-12-13-22(25)17(2)14-21/h4-15H,3,16H2,1-2H3,(H,27,28)/b26-15+. The van der Waals surface area contributed by atoms with Gasteiger partial charge in [0.05, 0.1) is 12.8 Å². The molecule has 0 bridgehead atoms. The molecule has 5 nitrogen and oxygen atoms in total. The average molecular weight is 423 g/mol. The minimum Gasteiger partial charge on any atom is -0.493 e. The molecule has 3 aromatic carbocycles. The number of nitrogens with zero attached hydrogens (tertiary/aromatic N) is 1. The Morgan fingerprint density at radius 3 is 2.57 bits per heavy atom. The first-order valence-corrected chi connectivity index (χ1v) is 9.97. The molecule has 0 saturated carbocycles. The largest absolute Gasteiger partial charge is 0.493 e. The first-order valence-electron chi connectivity index (χ1n) is 9.60. The molecule has 30 heavy (non-hydrogen) atoms. The molecule has 1 amide bonds. The quantitative estimate of drug-likeness (QED) is 0.391. The summed E-state index contributed by atoms with van der Waals surface area (Å²) in [5.74, 6) is 1.18. The highest BCUT2D eigenvalue weighted by molar-refractivity contribution is 6.31. The Bertz CT molecular complexity index is 1030. The van der Waals surface area contributed by atoms with Crippen LogP contribution >= 0.6 is 11.6 Å². The topological polar surface area (TPSA) is 59.9 Å². The number of ether oxygens (including phenoxy) is 2. The maximum atomic E-state index is 12.3. The zero-order valence-electron chi connectivity index (χ0n) is 16.9. The highest BCUT2D eigenvalue weighted by atomic mass is 35.5. The SMILES string of the molecule is CCOc1ccccc1/C=N/NC(=O)c1ccc(COc2ccc(Cl)c(C)c2)cc1. The number of hydrogen-bond donors (Lipinski definition) is 1. The van der Waals surface area contributed by atoms with Crippen molar-refractivity contribution in [3.8, 4) is 11.5 Å². The summed E-state index contributed by atoms with van der Waals surface area (Å²) < 4.78 is 11.3. The van der Waals surface area contributed by atoms with E-state index in [-0.39, 0.29) is 5.91 Å². The number of halogens is 1. The molecule has 0 fully saturated rings. The fourth-order valence-corrected chi connectivity index (χ4v) is 2.84. The van der Waals surface area contributed by atoms with Crippen LogP contribution in [0.3, 0.4) is 0 Å². The molecule has 3 rings (SSSR count). The summed E-state index contributed by atoms with van der Waals surface area (Å²) in [6.45, 7) is 4.81. The zero-order valence-corrected chi connectivity index (χ0v) is 17.6. The van der Waals surface area contributed by atoms with Crippen LogP contribution in [0.25, 0.3) is 0 Å². The van der Waals surface area contributed by atoms with Gasteiger partial charge in [-0.15, -0.1) is 0 Å². The van der Waals surface area contributed by atoms with E-state index in [4.69, 9.17) is 21.1 Å². The second-order valence-electron chi connectivity index (χ2n) is 6.57. The van der Waals surface area contributed by atoms with E-state index in [0.717, 1.165) is 28.2 Å². The molecule has 6 heteroatoms. The lowest BCUT2D eigenvalue weighted by atomic mass is 10.1. The summed E-state index contributed by atoms with van der Waals surface area (Å²) in [7, 11) is 0. The summed E-state index contributed by atoms with van der Waals surface area (Å²) >= 11 is 6.03. The van der Waals surface area contributed by atoms with E-state index >= 15 is 0 Å². The van der Waals surface area contributed by atoms with Crippen molar-refractivity contribution in [3.05, 3.63) is 94.0 Å². The monoisotopic (exact) mass is 422 g/mol. The van der Waals surface area contributed by atoms with E-state index < -0.39 is 0 Å². The van der Waals surface area contributed by atoms with Gasteiger partial charge in [-0.05, 0) is 67.4 Å². The second kappa shape index (κ2) is 10.5. The van der Waals surface area contributed by atoms with Gasteiger partial charge in [-0.1, -0.05) is 35.9 Å². The van der Waals surface area contributed by atoms with E-state index in [1.165, 1.54) is 0 Å². The Morgan fingerprint density at radius 2 is 1.83 bits per heavy atom. The van der Waals surface area contributed by atoms with Crippen molar-refractivity contribution in [2.45, 2.75) is 20.5 Å². The van der Waals surface area contributed by atoms with Crippen LogP contribution in [-0.4, -0.2) is 18.7 Å². The van der Waals surface area contributed by atoms with Crippen LogP contribution in [0.15, 0.2) is 71.8 Å². The maximum absolute atomic E-state index is 12.3. The summed E-state index contributed by atoms with van der Waals surface area (Å²) in [5.41, 5.74) is 5.76.